The number of carbonyl (C=O) groups is 1. The van der Waals surface area contributed by atoms with Crippen LogP contribution in [-0.4, -0.2) is 37.7 Å². The van der Waals surface area contributed by atoms with E-state index >= 15 is 0 Å². The van der Waals surface area contributed by atoms with Crippen molar-refractivity contribution in [2.45, 2.75) is 44.9 Å². The van der Waals surface area contributed by atoms with Crippen molar-refractivity contribution in [2.75, 3.05) is 23.8 Å². The molecule has 1 aliphatic rings. The Morgan fingerprint density at radius 1 is 1.39 bits per heavy atom. The second kappa shape index (κ2) is 9.98. The van der Waals surface area contributed by atoms with E-state index < -0.39 is 0 Å². The highest BCUT2D eigenvalue weighted by Gasteiger charge is 2.29. The summed E-state index contributed by atoms with van der Waals surface area (Å²) in [5.41, 5.74) is 7.44. The van der Waals surface area contributed by atoms with Crippen molar-refractivity contribution in [2.24, 2.45) is 5.73 Å². The minimum Gasteiger partial charge on any atom is -0.372 e. The van der Waals surface area contributed by atoms with Gasteiger partial charge in [-0.3, -0.25) is 4.79 Å². The molecule has 7 heteroatoms. The van der Waals surface area contributed by atoms with Crippen molar-refractivity contribution in [3.63, 3.8) is 0 Å². The lowest BCUT2D eigenvalue weighted by molar-refractivity contribution is -0.126. The van der Waals surface area contributed by atoms with Crippen LogP contribution in [0, 0.1) is 0 Å². The summed E-state index contributed by atoms with van der Waals surface area (Å²) in [4.78, 5) is 14.4. The summed E-state index contributed by atoms with van der Waals surface area (Å²) in [5, 5.41) is 2.93. The Bertz CT molecular complexity index is 500. The summed E-state index contributed by atoms with van der Waals surface area (Å²) < 4.78 is 5.61. The van der Waals surface area contributed by atoms with Gasteiger partial charge in [0.1, 0.15) is 6.10 Å². The van der Waals surface area contributed by atoms with Gasteiger partial charge < -0.3 is 20.7 Å². The number of carbonyl (C=O) groups excluding carboxylic acids is 1. The van der Waals surface area contributed by atoms with Crippen LogP contribution in [-0.2, 0) is 9.53 Å². The highest BCUT2D eigenvalue weighted by atomic mass is 35.5. The number of anilines is 2. The van der Waals surface area contributed by atoms with E-state index in [-0.39, 0.29) is 42.9 Å². The average molecular weight is 364 g/mol. The zero-order valence-corrected chi connectivity index (χ0v) is 15.5. The van der Waals surface area contributed by atoms with Gasteiger partial charge in [-0.1, -0.05) is 6.07 Å². The van der Waals surface area contributed by atoms with Crippen molar-refractivity contribution < 1.29 is 9.53 Å². The van der Waals surface area contributed by atoms with E-state index in [1.165, 1.54) is 0 Å². The van der Waals surface area contributed by atoms with Crippen LogP contribution in [0.5, 0.6) is 0 Å². The Morgan fingerprint density at radius 2 is 2.09 bits per heavy atom. The van der Waals surface area contributed by atoms with Gasteiger partial charge in [-0.25, -0.2) is 0 Å². The molecule has 1 fully saturated rings. The quantitative estimate of drug-likeness (QED) is 0.843. The van der Waals surface area contributed by atoms with Crippen LogP contribution in [0.2, 0.25) is 0 Å². The Kier molecular flexibility index (Phi) is 9.54. The SMILES string of the molecule is CC(C)N(C)c1cccc(NC(=O)[C@@H]2CC[C@H](CN)O2)c1.Cl.Cl. The topological polar surface area (TPSA) is 67.6 Å². The molecule has 1 aromatic carbocycles. The van der Waals surface area contributed by atoms with Crippen molar-refractivity contribution in [3.8, 4) is 0 Å². The molecule has 0 aliphatic carbocycles. The van der Waals surface area contributed by atoms with Crippen LogP contribution in [0.25, 0.3) is 0 Å². The van der Waals surface area contributed by atoms with Crippen LogP contribution in [0.15, 0.2) is 24.3 Å². The molecule has 3 N–H and O–H groups in total. The molecule has 1 heterocycles. The van der Waals surface area contributed by atoms with Gasteiger partial charge in [-0.15, -0.1) is 24.8 Å². The molecule has 132 valence electrons. The molecular formula is C16H27Cl2N3O2. The zero-order valence-electron chi connectivity index (χ0n) is 13.8. The Labute approximate surface area is 150 Å². The zero-order chi connectivity index (χ0) is 15.4. The van der Waals surface area contributed by atoms with Gasteiger partial charge in [0.2, 0.25) is 0 Å². The fourth-order valence-corrected chi connectivity index (χ4v) is 2.40. The van der Waals surface area contributed by atoms with Gasteiger partial charge in [0, 0.05) is 31.0 Å². The Balaban J connectivity index is 0.00000242. The lowest BCUT2D eigenvalue weighted by Gasteiger charge is -2.24. The van der Waals surface area contributed by atoms with Gasteiger partial charge >= 0.3 is 0 Å². The van der Waals surface area contributed by atoms with Gasteiger partial charge in [-0.05, 0) is 44.9 Å². The fourth-order valence-electron chi connectivity index (χ4n) is 2.40. The molecule has 2 atom stereocenters. The maximum Gasteiger partial charge on any atom is 0.253 e. The summed E-state index contributed by atoms with van der Waals surface area (Å²) in [7, 11) is 2.04. The first-order valence-corrected chi connectivity index (χ1v) is 7.50. The fraction of sp³-hybridized carbons (Fsp3) is 0.562. The minimum atomic E-state index is -0.384. The van der Waals surface area contributed by atoms with E-state index in [1.807, 2.05) is 31.3 Å². The predicted molar refractivity (Wildman–Crippen MR) is 100 cm³/mol. The summed E-state index contributed by atoms with van der Waals surface area (Å²) >= 11 is 0. The van der Waals surface area contributed by atoms with Crippen molar-refractivity contribution >= 4 is 42.1 Å². The van der Waals surface area contributed by atoms with E-state index in [0.717, 1.165) is 24.2 Å². The molecule has 1 amide bonds. The molecule has 23 heavy (non-hydrogen) atoms. The standard InChI is InChI=1S/C16H25N3O2.2ClH/c1-11(2)19(3)13-6-4-5-12(9-13)18-16(20)15-8-7-14(10-17)21-15;;/h4-6,9,11,14-15H,7-8,10,17H2,1-3H3,(H,18,20);2*1H/t14-,15+;;/m1../s1. The van der Waals surface area contributed by atoms with Crippen LogP contribution < -0.4 is 16.0 Å². The number of nitrogens with one attached hydrogen (secondary N) is 1. The monoisotopic (exact) mass is 363 g/mol. The third-order valence-corrected chi connectivity index (χ3v) is 3.96. The number of halogens is 2. The summed E-state index contributed by atoms with van der Waals surface area (Å²) in [6, 6.07) is 8.26. The number of nitrogens with zero attached hydrogens (tertiary/aromatic N) is 1. The molecule has 0 radical (unpaired) electrons. The van der Waals surface area contributed by atoms with Crippen LogP contribution >= 0.6 is 24.8 Å². The maximum absolute atomic E-state index is 12.2. The summed E-state index contributed by atoms with van der Waals surface area (Å²) in [6.45, 7) is 4.73. The third-order valence-electron chi connectivity index (χ3n) is 3.96. The lowest BCUT2D eigenvalue weighted by Crippen LogP contribution is -2.30. The number of benzene rings is 1. The number of hydrogen-bond donors (Lipinski definition) is 2. The van der Waals surface area contributed by atoms with Gasteiger partial charge in [0.15, 0.2) is 0 Å². The maximum atomic E-state index is 12.2. The van der Waals surface area contributed by atoms with Crippen LogP contribution in [0.4, 0.5) is 11.4 Å². The molecule has 1 saturated heterocycles. The molecule has 1 aromatic rings. The lowest BCUT2D eigenvalue weighted by atomic mass is 10.2. The normalized spacial score (nSPS) is 19.7. The molecule has 0 bridgehead atoms. The van der Waals surface area contributed by atoms with Gasteiger partial charge in [0.25, 0.3) is 5.91 Å². The van der Waals surface area contributed by atoms with Crippen molar-refractivity contribution in [1.29, 1.82) is 0 Å². The molecule has 0 spiro atoms. The Hall–Kier alpha value is -1.01. The highest BCUT2D eigenvalue weighted by molar-refractivity contribution is 5.94. The van der Waals surface area contributed by atoms with Gasteiger partial charge in [0.05, 0.1) is 6.10 Å². The van der Waals surface area contributed by atoms with Crippen LogP contribution in [0.1, 0.15) is 26.7 Å². The molecule has 5 nitrogen and oxygen atoms in total. The molecule has 1 aliphatic heterocycles. The predicted octanol–water partition coefficient (Wildman–Crippen LogP) is 2.82. The van der Waals surface area contributed by atoms with E-state index in [4.69, 9.17) is 10.5 Å². The van der Waals surface area contributed by atoms with Crippen molar-refractivity contribution in [1.82, 2.24) is 0 Å². The van der Waals surface area contributed by atoms with E-state index in [9.17, 15) is 4.79 Å². The first-order valence-electron chi connectivity index (χ1n) is 7.50. The first kappa shape index (κ1) is 22.0. The first-order chi connectivity index (χ1) is 10.0. The molecule has 0 aromatic heterocycles. The number of rotatable bonds is 5. The molecule has 0 unspecified atom stereocenters. The largest absolute Gasteiger partial charge is 0.372 e. The summed E-state index contributed by atoms with van der Waals surface area (Å²) in [5.74, 6) is -0.0877. The molecule has 2 rings (SSSR count). The molecular weight excluding hydrogens is 337 g/mol. The Morgan fingerprint density at radius 3 is 2.65 bits per heavy atom. The van der Waals surface area contributed by atoms with E-state index in [2.05, 4.69) is 24.1 Å². The number of hydrogen-bond acceptors (Lipinski definition) is 4. The minimum absolute atomic E-state index is 0. The number of ether oxygens (including phenoxy) is 1. The summed E-state index contributed by atoms with van der Waals surface area (Å²) in [6.07, 6.45) is 1.22. The number of nitrogens with two attached hydrogens (primary N) is 1. The van der Waals surface area contributed by atoms with E-state index in [0.29, 0.717) is 12.6 Å². The van der Waals surface area contributed by atoms with Crippen molar-refractivity contribution in [3.05, 3.63) is 24.3 Å². The number of amides is 1. The smallest absolute Gasteiger partial charge is 0.253 e. The van der Waals surface area contributed by atoms with Gasteiger partial charge in [-0.2, -0.15) is 0 Å². The third kappa shape index (κ3) is 5.84. The van der Waals surface area contributed by atoms with E-state index in [1.54, 1.807) is 0 Å². The molecule has 0 saturated carbocycles. The second-order valence-electron chi connectivity index (χ2n) is 5.80. The second-order valence-corrected chi connectivity index (χ2v) is 5.80. The highest BCUT2D eigenvalue weighted by Crippen LogP contribution is 2.23. The average Bonchev–Trinajstić information content (AvgIpc) is 2.95. The van der Waals surface area contributed by atoms with Crippen LogP contribution in [0.3, 0.4) is 0 Å².